The molecule has 4 atom stereocenters. The van der Waals surface area contributed by atoms with Crippen LogP contribution in [0.4, 0.5) is 4.79 Å². The Kier molecular flexibility index (Phi) is 11.7. The molecule has 0 saturated heterocycles. The SMILES string of the molecule is C/C=C1/C2C=C(C)CC1(N=Cc1ccccc1)c1ccc(OC(=O)Oc3ccc(C(C)(C)c4ccc(Oc5ccc6c(n5)CC5C=C(C)CC6(N=Cc6ccccc6)/C5=C\C)cc4)cc3)nc1C2. The molecule has 4 aliphatic rings. The lowest BCUT2D eigenvalue weighted by Gasteiger charge is -2.45. The van der Waals surface area contributed by atoms with Crippen LogP contribution >= 0.6 is 0 Å². The van der Waals surface area contributed by atoms with Crippen molar-refractivity contribution in [3.05, 3.63) is 225 Å². The third kappa shape index (κ3) is 8.33. The summed E-state index contributed by atoms with van der Waals surface area (Å²) in [4.78, 5) is 33.7. The zero-order valence-electron chi connectivity index (χ0n) is 39.6. The maximum atomic E-state index is 13.2. The van der Waals surface area contributed by atoms with Gasteiger partial charge in [0.25, 0.3) is 0 Å². The van der Waals surface area contributed by atoms with Crippen LogP contribution in [0, 0.1) is 11.8 Å². The van der Waals surface area contributed by atoms with E-state index < -0.39 is 17.2 Å². The van der Waals surface area contributed by atoms with E-state index in [0.29, 0.717) is 23.8 Å². The number of aliphatic imine (C=N–C) groups is 2. The Morgan fingerprint density at radius 3 is 1.53 bits per heavy atom. The number of pyridine rings is 2. The Bertz CT molecular complexity index is 3070. The molecule has 68 heavy (non-hydrogen) atoms. The van der Waals surface area contributed by atoms with Gasteiger partial charge >= 0.3 is 6.16 Å². The maximum Gasteiger partial charge on any atom is 0.520 e. The fourth-order valence-electron chi connectivity index (χ4n) is 11.1. The number of rotatable bonds is 10. The van der Waals surface area contributed by atoms with Gasteiger partial charge in [0, 0.05) is 78.6 Å². The lowest BCUT2D eigenvalue weighted by molar-refractivity contribution is 0.149. The van der Waals surface area contributed by atoms with Crippen LogP contribution in [0.2, 0.25) is 0 Å². The van der Waals surface area contributed by atoms with Crippen molar-refractivity contribution in [3.63, 3.8) is 0 Å². The van der Waals surface area contributed by atoms with Gasteiger partial charge in [-0.25, -0.2) is 14.8 Å². The molecule has 8 heteroatoms. The molecule has 6 aromatic rings. The summed E-state index contributed by atoms with van der Waals surface area (Å²) in [6, 6.07) is 44.0. The molecule has 4 aromatic carbocycles. The molecule has 10 rings (SSSR count). The molecule has 4 bridgehead atoms. The van der Waals surface area contributed by atoms with Crippen molar-refractivity contribution in [2.45, 2.75) is 83.7 Å². The van der Waals surface area contributed by atoms with Gasteiger partial charge in [0.15, 0.2) is 0 Å². The number of benzene rings is 4. The van der Waals surface area contributed by atoms with E-state index in [-0.39, 0.29) is 23.1 Å². The molecule has 2 heterocycles. The summed E-state index contributed by atoms with van der Waals surface area (Å²) in [5.74, 6) is 2.24. The molecule has 2 aromatic heterocycles. The number of hydrogen-bond acceptors (Lipinski definition) is 8. The molecule has 4 aliphatic carbocycles. The van der Waals surface area contributed by atoms with Crippen LogP contribution in [0.5, 0.6) is 23.3 Å². The van der Waals surface area contributed by atoms with E-state index >= 15 is 0 Å². The third-order valence-electron chi connectivity index (χ3n) is 14.3. The molecule has 0 spiro atoms. The van der Waals surface area contributed by atoms with E-state index in [1.54, 1.807) is 18.2 Å². The highest BCUT2D eigenvalue weighted by molar-refractivity contribution is 5.81. The molecule has 0 fully saturated rings. The van der Waals surface area contributed by atoms with Crippen LogP contribution < -0.4 is 14.2 Å². The lowest BCUT2D eigenvalue weighted by atomic mass is 9.63. The number of allylic oxidation sites excluding steroid dienone is 4. The second kappa shape index (κ2) is 18.0. The summed E-state index contributed by atoms with van der Waals surface area (Å²) < 4.78 is 17.8. The fourth-order valence-corrected chi connectivity index (χ4v) is 11.1. The van der Waals surface area contributed by atoms with Crippen LogP contribution in [0.3, 0.4) is 0 Å². The van der Waals surface area contributed by atoms with Crippen LogP contribution in [-0.4, -0.2) is 28.6 Å². The summed E-state index contributed by atoms with van der Waals surface area (Å²) in [7, 11) is 0. The first-order valence-electron chi connectivity index (χ1n) is 23.6. The van der Waals surface area contributed by atoms with Crippen molar-refractivity contribution in [1.29, 1.82) is 0 Å². The second-order valence-electron chi connectivity index (χ2n) is 19.1. The molecular weight excluding hydrogens is 841 g/mol. The number of hydrogen-bond donors (Lipinski definition) is 0. The van der Waals surface area contributed by atoms with Gasteiger partial charge in [-0.15, -0.1) is 0 Å². The van der Waals surface area contributed by atoms with Gasteiger partial charge in [-0.3, -0.25) is 9.98 Å². The molecule has 0 amide bonds. The summed E-state index contributed by atoms with van der Waals surface area (Å²) in [6.07, 6.45) is 15.4. The predicted octanol–water partition coefficient (Wildman–Crippen LogP) is 13.7. The largest absolute Gasteiger partial charge is 0.520 e. The minimum atomic E-state index is -0.848. The Balaban J connectivity index is 0.803. The summed E-state index contributed by atoms with van der Waals surface area (Å²) in [6.45, 7) is 12.9. The zero-order valence-corrected chi connectivity index (χ0v) is 39.6. The first kappa shape index (κ1) is 44.4. The monoisotopic (exact) mass is 896 g/mol. The smallest absolute Gasteiger partial charge is 0.439 e. The Labute approximate surface area is 399 Å². The molecular formula is C60H56N4O4. The highest BCUT2D eigenvalue weighted by Crippen LogP contribution is 2.54. The van der Waals surface area contributed by atoms with Crippen molar-refractivity contribution in [2.24, 2.45) is 21.8 Å². The molecule has 4 unspecified atom stereocenters. The summed E-state index contributed by atoms with van der Waals surface area (Å²) in [5.41, 5.74) is 12.2. The van der Waals surface area contributed by atoms with E-state index in [9.17, 15) is 4.79 Å². The minimum absolute atomic E-state index is 0.158. The van der Waals surface area contributed by atoms with Crippen LogP contribution in [0.1, 0.15) is 99.2 Å². The van der Waals surface area contributed by atoms with E-state index in [0.717, 1.165) is 64.0 Å². The Morgan fingerprint density at radius 1 is 0.588 bits per heavy atom. The minimum Gasteiger partial charge on any atom is -0.439 e. The van der Waals surface area contributed by atoms with Crippen molar-refractivity contribution in [2.75, 3.05) is 0 Å². The Hall–Kier alpha value is -7.45. The lowest BCUT2D eigenvalue weighted by Crippen LogP contribution is -2.40. The standard InChI is InChI=1S/C60H56N4O4/c1-7-49-43-31-39(3)35-59(49,61-37-41-15-11-9-12-16-41)51-27-29-55(63-53(51)33-43)66-47-23-19-45(20-24-47)58(5,6)46-21-25-48(26-22-46)67-57(65)68-56-30-28-52-54(64-56)34-44-32-40(4)36-60(52,50(44)8-2)62-38-42-17-13-10-14-18-42/h7-32,37-38,43-44H,33-36H2,1-6H3/b49-7-,50-8-,61-37?,62-38?. The van der Waals surface area contributed by atoms with Crippen molar-refractivity contribution in [1.82, 2.24) is 9.97 Å². The normalized spacial score (nSPS) is 22.9. The van der Waals surface area contributed by atoms with Gasteiger partial charge in [0.05, 0.1) is 11.4 Å². The van der Waals surface area contributed by atoms with E-state index in [2.05, 4.69) is 108 Å². The number of fused-ring (bicyclic) bond motifs is 8. The average Bonchev–Trinajstić information content (AvgIpc) is 3.33. The van der Waals surface area contributed by atoms with Crippen molar-refractivity contribution < 1.29 is 19.0 Å². The van der Waals surface area contributed by atoms with Gasteiger partial charge in [0.1, 0.15) is 22.6 Å². The van der Waals surface area contributed by atoms with Gasteiger partial charge in [0.2, 0.25) is 11.8 Å². The van der Waals surface area contributed by atoms with Gasteiger partial charge in [-0.1, -0.05) is 134 Å². The molecule has 0 aliphatic heterocycles. The fraction of sp³-hybridized carbons (Fsp3) is 0.250. The first-order valence-corrected chi connectivity index (χ1v) is 23.6. The summed E-state index contributed by atoms with van der Waals surface area (Å²) >= 11 is 0. The van der Waals surface area contributed by atoms with Gasteiger partial charge in [-0.2, -0.15) is 0 Å². The average molecular weight is 897 g/mol. The zero-order chi connectivity index (χ0) is 47.0. The summed E-state index contributed by atoms with van der Waals surface area (Å²) in [5, 5.41) is 0. The van der Waals surface area contributed by atoms with Crippen LogP contribution in [0.15, 0.2) is 190 Å². The quantitative estimate of drug-likeness (QED) is 0.0588. The Morgan fingerprint density at radius 2 is 1.04 bits per heavy atom. The molecule has 8 nitrogen and oxygen atoms in total. The van der Waals surface area contributed by atoms with Crippen LogP contribution in [-0.2, 0) is 29.3 Å². The molecule has 0 N–H and O–H groups in total. The first-order chi connectivity index (χ1) is 33.0. The predicted molar refractivity (Wildman–Crippen MR) is 270 cm³/mol. The maximum absolute atomic E-state index is 13.2. The van der Waals surface area contributed by atoms with Crippen molar-refractivity contribution in [3.8, 4) is 23.3 Å². The highest BCUT2D eigenvalue weighted by Gasteiger charge is 2.48. The number of aromatic nitrogens is 2. The van der Waals surface area contributed by atoms with Gasteiger partial charge in [-0.05, 0) is 97.5 Å². The number of ether oxygens (including phenoxy) is 3. The van der Waals surface area contributed by atoms with E-state index in [1.807, 2.05) is 85.2 Å². The van der Waals surface area contributed by atoms with E-state index in [4.69, 9.17) is 34.2 Å². The number of nitrogens with zero attached hydrogens (tertiary/aromatic N) is 4. The molecule has 0 saturated carbocycles. The molecule has 0 radical (unpaired) electrons. The topological polar surface area (TPSA) is 95.3 Å². The number of carbonyl (C=O) groups excluding carboxylic acids is 1. The van der Waals surface area contributed by atoms with E-state index in [1.165, 1.54) is 22.3 Å². The second-order valence-corrected chi connectivity index (χ2v) is 19.1. The highest BCUT2D eigenvalue weighted by atomic mass is 16.7. The third-order valence-corrected chi connectivity index (χ3v) is 14.3. The number of carbonyl (C=O) groups is 1. The van der Waals surface area contributed by atoms with Crippen LogP contribution in [0.25, 0.3) is 0 Å². The molecule has 340 valence electrons. The van der Waals surface area contributed by atoms with Gasteiger partial charge < -0.3 is 14.2 Å². The van der Waals surface area contributed by atoms with Crippen molar-refractivity contribution >= 4 is 18.6 Å².